The highest BCUT2D eigenvalue weighted by Crippen LogP contribution is 2.29. The molecule has 1 N–H and O–H groups in total. The van der Waals surface area contributed by atoms with Crippen LogP contribution in [0.4, 0.5) is 0 Å². The number of nitrogens with zero attached hydrogens (tertiary/aromatic N) is 2. The Bertz CT molecular complexity index is 543. The largest absolute Gasteiger partial charge is 0.317 e. The molecule has 19 heavy (non-hydrogen) atoms. The number of hydrogen-bond acceptors (Lipinski definition) is 4. The van der Waals surface area contributed by atoms with E-state index in [4.69, 9.17) is 0 Å². The first-order chi connectivity index (χ1) is 9.11. The third kappa shape index (κ3) is 3.61. The van der Waals surface area contributed by atoms with Crippen LogP contribution in [0.3, 0.4) is 0 Å². The van der Waals surface area contributed by atoms with Gasteiger partial charge in [0.1, 0.15) is 0 Å². The van der Waals surface area contributed by atoms with Crippen LogP contribution in [0, 0.1) is 13.8 Å². The van der Waals surface area contributed by atoms with E-state index in [9.17, 15) is 0 Å². The summed E-state index contributed by atoms with van der Waals surface area (Å²) in [5.74, 6) is 0.831. The van der Waals surface area contributed by atoms with Crippen molar-refractivity contribution in [3.8, 4) is 10.7 Å². The van der Waals surface area contributed by atoms with E-state index in [1.807, 2.05) is 6.07 Å². The zero-order valence-corrected chi connectivity index (χ0v) is 13.9. The van der Waals surface area contributed by atoms with Crippen LogP contribution in [0.1, 0.15) is 23.9 Å². The summed E-state index contributed by atoms with van der Waals surface area (Å²) in [6, 6.07) is 4.09. The molecule has 3 nitrogen and oxygen atoms in total. The van der Waals surface area contributed by atoms with Gasteiger partial charge in [-0.15, -0.1) is 11.3 Å². The Hall–Kier alpha value is -0.780. The number of likely N-dealkylation sites (N-methyl/N-ethyl adjacent to an activating group) is 1. The number of aryl methyl sites for hydroxylation is 2. The average molecular weight is 340 g/mol. The third-order valence-electron chi connectivity index (χ3n) is 3.02. The molecule has 0 atom stereocenters. The predicted molar refractivity (Wildman–Crippen MR) is 84.8 cm³/mol. The summed E-state index contributed by atoms with van der Waals surface area (Å²) >= 11 is 5.14. The van der Waals surface area contributed by atoms with Crippen molar-refractivity contribution in [2.75, 3.05) is 13.1 Å². The zero-order chi connectivity index (χ0) is 13.8. The van der Waals surface area contributed by atoms with Crippen LogP contribution >= 0.6 is 27.3 Å². The lowest BCUT2D eigenvalue weighted by Gasteiger charge is -2.10. The number of hydrogen-bond donors (Lipinski definition) is 1. The van der Waals surface area contributed by atoms with Gasteiger partial charge >= 0.3 is 0 Å². The molecule has 2 aromatic heterocycles. The lowest BCUT2D eigenvalue weighted by molar-refractivity contribution is 0.708. The summed E-state index contributed by atoms with van der Waals surface area (Å²) in [5, 5.41) is 3.34. The quantitative estimate of drug-likeness (QED) is 0.843. The fourth-order valence-electron chi connectivity index (χ4n) is 2.04. The van der Waals surface area contributed by atoms with Crippen molar-refractivity contribution < 1.29 is 0 Å². The monoisotopic (exact) mass is 339 g/mol. The first-order valence-corrected chi connectivity index (χ1v) is 8.03. The SMILES string of the molecule is CCNCCc1c(C)nc(-c2ccc(Br)s2)nc1C. The summed E-state index contributed by atoms with van der Waals surface area (Å²) in [5.41, 5.74) is 3.44. The normalized spacial score (nSPS) is 10.9. The molecule has 0 radical (unpaired) electrons. The number of rotatable bonds is 5. The van der Waals surface area contributed by atoms with E-state index >= 15 is 0 Å². The highest BCUT2D eigenvalue weighted by molar-refractivity contribution is 9.11. The number of aromatic nitrogens is 2. The zero-order valence-electron chi connectivity index (χ0n) is 11.5. The van der Waals surface area contributed by atoms with E-state index in [2.05, 4.69) is 58.1 Å². The Morgan fingerprint density at radius 3 is 2.42 bits per heavy atom. The third-order valence-corrected chi connectivity index (χ3v) is 4.64. The van der Waals surface area contributed by atoms with Gasteiger partial charge in [0.15, 0.2) is 5.82 Å². The highest BCUT2D eigenvalue weighted by Gasteiger charge is 2.11. The maximum atomic E-state index is 4.65. The van der Waals surface area contributed by atoms with Crippen LogP contribution in [-0.2, 0) is 6.42 Å². The molecular weight excluding hydrogens is 322 g/mol. The summed E-state index contributed by atoms with van der Waals surface area (Å²) in [4.78, 5) is 10.4. The minimum atomic E-state index is 0.831. The van der Waals surface area contributed by atoms with Gasteiger partial charge in [0.25, 0.3) is 0 Å². The second-order valence-corrected chi connectivity index (χ2v) is 6.87. The van der Waals surface area contributed by atoms with Crippen molar-refractivity contribution >= 4 is 27.3 Å². The molecule has 2 aromatic rings. The molecule has 0 unspecified atom stereocenters. The van der Waals surface area contributed by atoms with E-state index in [0.29, 0.717) is 0 Å². The molecule has 2 rings (SSSR count). The second kappa shape index (κ2) is 6.59. The van der Waals surface area contributed by atoms with Crippen LogP contribution in [0.25, 0.3) is 10.7 Å². The molecule has 0 saturated heterocycles. The molecule has 0 aromatic carbocycles. The van der Waals surface area contributed by atoms with Gasteiger partial charge in [0.2, 0.25) is 0 Å². The Balaban J connectivity index is 2.26. The van der Waals surface area contributed by atoms with Gasteiger partial charge in [0.05, 0.1) is 8.66 Å². The number of halogens is 1. The average Bonchev–Trinajstić information content (AvgIpc) is 2.79. The van der Waals surface area contributed by atoms with Crippen molar-refractivity contribution in [2.45, 2.75) is 27.2 Å². The molecule has 0 saturated carbocycles. The van der Waals surface area contributed by atoms with Gasteiger partial charge in [0, 0.05) is 11.4 Å². The molecule has 0 amide bonds. The van der Waals surface area contributed by atoms with Gasteiger partial charge in [-0.25, -0.2) is 9.97 Å². The molecular formula is C14H18BrN3S. The van der Waals surface area contributed by atoms with Crippen molar-refractivity contribution in [3.63, 3.8) is 0 Å². The van der Waals surface area contributed by atoms with Crippen molar-refractivity contribution in [1.29, 1.82) is 0 Å². The Labute approximate surface area is 126 Å². The predicted octanol–water partition coefficient (Wildman–Crippen LogP) is 3.74. The molecule has 0 aliphatic carbocycles. The van der Waals surface area contributed by atoms with Crippen LogP contribution in [0.15, 0.2) is 15.9 Å². The van der Waals surface area contributed by atoms with Crippen LogP contribution in [0.5, 0.6) is 0 Å². The number of nitrogens with one attached hydrogen (secondary N) is 1. The summed E-state index contributed by atoms with van der Waals surface area (Å²) in [6.45, 7) is 8.24. The Kier molecular flexibility index (Phi) is 5.07. The summed E-state index contributed by atoms with van der Waals surface area (Å²) in [6.07, 6.45) is 0.986. The standard InChI is InChI=1S/C14H18BrN3S/c1-4-16-8-7-11-9(2)17-14(18-10(11)3)12-5-6-13(15)19-12/h5-6,16H,4,7-8H2,1-3H3. The first kappa shape index (κ1) is 14.6. The second-order valence-electron chi connectivity index (χ2n) is 4.40. The lowest BCUT2D eigenvalue weighted by Crippen LogP contribution is -2.17. The van der Waals surface area contributed by atoms with Crippen LogP contribution in [0.2, 0.25) is 0 Å². The fourth-order valence-corrected chi connectivity index (χ4v) is 3.36. The first-order valence-electron chi connectivity index (χ1n) is 6.42. The van der Waals surface area contributed by atoms with Gasteiger partial charge in [-0.05, 0) is 67.0 Å². The maximum absolute atomic E-state index is 4.65. The van der Waals surface area contributed by atoms with Crippen molar-refractivity contribution in [3.05, 3.63) is 32.9 Å². The minimum absolute atomic E-state index is 0.831. The van der Waals surface area contributed by atoms with E-state index in [-0.39, 0.29) is 0 Å². The molecule has 0 bridgehead atoms. The molecule has 102 valence electrons. The number of thiophene rings is 1. The van der Waals surface area contributed by atoms with E-state index in [1.165, 1.54) is 5.56 Å². The Morgan fingerprint density at radius 2 is 1.89 bits per heavy atom. The van der Waals surface area contributed by atoms with Gasteiger partial charge < -0.3 is 5.32 Å². The van der Waals surface area contributed by atoms with E-state index in [1.54, 1.807) is 11.3 Å². The van der Waals surface area contributed by atoms with Crippen LogP contribution < -0.4 is 5.32 Å². The summed E-state index contributed by atoms with van der Waals surface area (Å²) < 4.78 is 1.11. The molecule has 2 heterocycles. The lowest BCUT2D eigenvalue weighted by atomic mass is 10.1. The van der Waals surface area contributed by atoms with E-state index < -0.39 is 0 Å². The van der Waals surface area contributed by atoms with Gasteiger partial charge in [-0.3, -0.25) is 0 Å². The molecule has 0 spiro atoms. The molecule has 0 fully saturated rings. The minimum Gasteiger partial charge on any atom is -0.317 e. The van der Waals surface area contributed by atoms with Crippen molar-refractivity contribution in [1.82, 2.24) is 15.3 Å². The topological polar surface area (TPSA) is 37.8 Å². The van der Waals surface area contributed by atoms with Crippen LogP contribution in [-0.4, -0.2) is 23.1 Å². The van der Waals surface area contributed by atoms with Gasteiger partial charge in [-0.2, -0.15) is 0 Å². The highest BCUT2D eigenvalue weighted by atomic mass is 79.9. The molecule has 5 heteroatoms. The Morgan fingerprint density at radius 1 is 1.21 bits per heavy atom. The smallest absolute Gasteiger partial charge is 0.169 e. The summed E-state index contributed by atoms with van der Waals surface area (Å²) in [7, 11) is 0. The molecule has 0 aliphatic rings. The van der Waals surface area contributed by atoms with Gasteiger partial charge in [-0.1, -0.05) is 6.92 Å². The fraction of sp³-hybridized carbons (Fsp3) is 0.429. The van der Waals surface area contributed by atoms with E-state index in [0.717, 1.165) is 45.4 Å². The molecule has 0 aliphatic heterocycles. The maximum Gasteiger partial charge on any atom is 0.169 e. The van der Waals surface area contributed by atoms with Crippen molar-refractivity contribution in [2.24, 2.45) is 0 Å².